The molecule has 3 N–H and O–H groups in total. The van der Waals surface area contributed by atoms with Gasteiger partial charge in [0.05, 0.1) is 23.4 Å². The van der Waals surface area contributed by atoms with Gasteiger partial charge in [0.15, 0.2) is 0 Å². The van der Waals surface area contributed by atoms with Crippen molar-refractivity contribution in [2.24, 2.45) is 0 Å². The molecule has 174 valence electrons. The van der Waals surface area contributed by atoms with Gasteiger partial charge in [-0.1, -0.05) is 42.0 Å². The van der Waals surface area contributed by atoms with Crippen LogP contribution in [0.4, 0.5) is 20.8 Å². The highest BCUT2D eigenvalue weighted by molar-refractivity contribution is 7.92. The number of ether oxygens (including phenoxy) is 1. The minimum absolute atomic E-state index is 0.0382. The van der Waals surface area contributed by atoms with E-state index in [1.807, 2.05) is 6.92 Å². The lowest BCUT2D eigenvalue weighted by molar-refractivity contribution is 0.104. The predicted molar refractivity (Wildman–Crippen MR) is 131 cm³/mol. The van der Waals surface area contributed by atoms with E-state index in [2.05, 4.69) is 5.32 Å². The number of halogens is 1. The number of carbonyl (C=O) groups excluding carboxylic acids is 1. The number of methoxy groups -OCH3 is 1. The molecule has 0 spiro atoms. The van der Waals surface area contributed by atoms with E-state index in [4.69, 9.17) is 10.5 Å². The van der Waals surface area contributed by atoms with Crippen molar-refractivity contribution in [3.63, 3.8) is 0 Å². The van der Waals surface area contributed by atoms with Crippen LogP contribution in [-0.4, -0.2) is 21.3 Å². The summed E-state index contributed by atoms with van der Waals surface area (Å²) in [5, 5.41) is 2.87. The van der Waals surface area contributed by atoms with Crippen molar-refractivity contribution < 1.29 is 22.3 Å². The van der Waals surface area contributed by atoms with Crippen LogP contribution in [0.5, 0.6) is 5.75 Å². The largest absolute Gasteiger partial charge is 0.497 e. The molecular formula is C25H21FN2O4S2. The van der Waals surface area contributed by atoms with Crippen LogP contribution < -0.4 is 15.8 Å². The highest BCUT2D eigenvalue weighted by Crippen LogP contribution is 2.44. The number of nitrogens with one attached hydrogen (secondary N) is 1. The molecule has 3 aromatic carbocycles. The van der Waals surface area contributed by atoms with Gasteiger partial charge in [-0.3, -0.25) is 4.79 Å². The molecular weight excluding hydrogens is 475 g/mol. The fourth-order valence-corrected chi connectivity index (χ4v) is 6.27. The Bertz CT molecular complexity index is 1460. The molecule has 0 fully saturated rings. The van der Waals surface area contributed by atoms with E-state index in [1.165, 1.54) is 49.6 Å². The van der Waals surface area contributed by atoms with Crippen LogP contribution in [0, 0.1) is 12.7 Å². The number of nitrogens with two attached hydrogens (primary N) is 1. The van der Waals surface area contributed by atoms with Crippen LogP contribution in [0.15, 0.2) is 82.6 Å². The summed E-state index contributed by atoms with van der Waals surface area (Å²) < 4.78 is 46.7. The van der Waals surface area contributed by atoms with E-state index in [1.54, 1.807) is 30.3 Å². The van der Waals surface area contributed by atoms with Gasteiger partial charge in [-0.05, 0) is 43.3 Å². The Labute approximate surface area is 200 Å². The fraction of sp³-hybridized carbons (Fsp3) is 0.0800. The van der Waals surface area contributed by atoms with Crippen LogP contribution in [0.3, 0.4) is 0 Å². The van der Waals surface area contributed by atoms with Crippen molar-refractivity contribution in [2.45, 2.75) is 16.7 Å². The molecule has 0 saturated carbocycles. The highest BCUT2D eigenvalue weighted by atomic mass is 32.2. The summed E-state index contributed by atoms with van der Waals surface area (Å²) in [7, 11) is -2.70. The number of sulfone groups is 1. The van der Waals surface area contributed by atoms with Gasteiger partial charge in [0.25, 0.3) is 0 Å². The monoisotopic (exact) mass is 496 g/mol. The Morgan fingerprint density at radius 1 is 1.00 bits per heavy atom. The van der Waals surface area contributed by atoms with E-state index in [-0.39, 0.29) is 31.0 Å². The van der Waals surface area contributed by atoms with E-state index in [9.17, 15) is 17.6 Å². The molecule has 6 nitrogen and oxygen atoms in total. The lowest BCUT2D eigenvalue weighted by atomic mass is 10.1. The first-order valence-corrected chi connectivity index (χ1v) is 12.5. The molecule has 0 aliphatic carbocycles. The number of carbonyl (C=O) groups is 1. The number of aryl methyl sites for hydroxylation is 1. The summed E-state index contributed by atoms with van der Waals surface area (Å²) >= 11 is 0.870. The van der Waals surface area contributed by atoms with Gasteiger partial charge in [-0.25, -0.2) is 12.8 Å². The van der Waals surface area contributed by atoms with Crippen LogP contribution in [0.2, 0.25) is 0 Å². The van der Waals surface area contributed by atoms with Gasteiger partial charge in [0, 0.05) is 5.56 Å². The average molecular weight is 497 g/mol. The Balaban J connectivity index is 1.88. The molecule has 34 heavy (non-hydrogen) atoms. The first-order chi connectivity index (χ1) is 16.2. The number of hydrogen-bond acceptors (Lipinski definition) is 7. The number of rotatable bonds is 7. The van der Waals surface area contributed by atoms with Crippen LogP contribution in [-0.2, 0) is 9.84 Å². The van der Waals surface area contributed by atoms with Gasteiger partial charge < -0.3 is 15.8 Å². The summed E-state index contributed by atoms with van der Waals surface area (Å²) in [6.07, 6.45) is 0. The van der Waals surface area contributed by atoms with Crippen molar-refractivity contribution in [3.8, 4) is 5.75 Å². The van der Waals surface area contributed by atoms with E-state index in [0.29, 0.717) is 11.3 Å². The van der Waals surface area contributed by atoms with Crippen LogP contribution in [0.25, 0.3) is 0 Å². The zero-order valence-corrected chi connectivity index (χ0v) is 20.0. The van der Waals surface area contributed by atoms with Crippen molar-refractivity contribution in [2.75, 3.05) is 18.2 Å². The van der Waals surface area contributed by atoms with Crippen molar-refractivity contribution in [1.82, 2.24) is 0 Å². The standard InChI is InChI=1S/C25H21FN2O4S2/c1-15-7-9-16(10-8-15)22(29)23-21(27)24(25(33-23)28-20-6-4-3-5-19(20)26)34(30,31)18-13-11-17(32-2)12-14-18/h3-14,28H,27H2,1-2H3. The molecule has 0 saturated heterocycles. The molecule has 0 aliphatic heterocycles. The third-order valence-electron chi connectivity index (χ3n) is 5.18. The first-order valence-electron chi connectivity index (χ1n) is 10.2. The second-order valence-corrected chi connectivity index (χ2v) is 10.4. The van der Waals surface area contributed by atoms with Crippen molar-refractivity contribution >= 4 is 43.3 Å². The number of thiophene rings is 1. The lowest BCUT2D eigenvalue weighted by Crippen LogP contribution is -2.08. The number of para-hydroxylation sites is 1. The van der Waals surface area contributed by atoms with E-state index >= 15 is 0 Å². The second kappa shape index (κ2) is 9.28. The summed E-state index contributed by atoms with van der Waals surface area (Å²) in [4.78, 5) is 13.0. The maximum Gasteiger partial charge on any atom is 0.211 e. The number of anilines is 3. The zero-order chi connectivity index (χ0) is 24.5. The quantitative estimate of drug-likeness (QED) is 0.324. The van der Waals surface area contributed by atoms with Crippen LogP contribution >= 0.6 is 11.3 Å². The minimum Gasteiger partial charge on any atom is -0.497 e. The molecule has 0 bridgehead atoms. The molecule has 0 amide bonds. The van der Waals surface area contributed by atoms with Gasteiger partial charge in [-0.2, -0.15) is 0 Å². The molecule has 0 unspecified atom stereocenters. The highest BCUT2D eigenvalue weighted by Gasteiger charge is 2.32. The molecule has 4 rings (SSSR count). The SMILES string of the molecule is COc1ccc(S(=O)(=O)c2c(Nc3ccccc3F)sc(C(=O)c3ccc(C)cc3)c2N)cc1. The van der Waals surface area contributed by atoms with Crippen molar-refractivity contribution in [1.29, 1.82) is 0 Å². The summed E-state index contributed by atoms with van der Waals surface area (Å²) in [5.74, 6) is -0.513. The van der Waals surface area contributed by atoms with Gasteiger partial charge in [0.2, 0.25) is 15.6 Å². The molecule has 4 aromatic rings. The maximum absolute atomic E-state index is 14.4. The average Bonchev–Trinajstić information content (AvgIpc) is 3.17. The van der Waals surface area contributed by atoms with Crippen molar-refractivity contribution in [3.05, 3.63) is 94.6 Å². The molecule has 0 atom stereocenters. The summed E-state index contributed by atoms with van der Waals surface area (Å²) in [6.45, 7) is 1.89. The van der Waals surface area contributed by atoms with Gasteiger partial charge >= 0.3 is 0 Å². The van der Waals surface area contributed by atoms with Crippen LogP contribution in [0.1, 0.15) is 20.8 Å². The Morgan fingerprint density at radius 2 is 1.65 bits per heavy atom. The normalized spacial score (nSPS) is 11.3. The summed E-state index contributed by atoms with van der Waals surface area (Å²) in [5.41, 5.74) is 7.50. The second-order valence-electron chi connectivity index (χ2n) is 7.48. The minimum atomic E-state index is -4.17. The smallest absolute Gasteiger partial charge is 0.211 e. The third kappa shape index (κ3) is 4.40. The first kappa shape index (κ1) is 23.5. The third-order valence-corrected chi connectivity index (χ3v) is 8.28. The summed E-state index contributed by atoms with van der Waals surface area (Å²) in [6, 6.07) is 18.5. The van der Waals surface area contributed by atoms with Gasteiger partial charge in [-0.15, -0.1) is 11.3 Å². The Kier molecular flexibility index (Phi) is 6.41. The lowest BCUT2D eigenvalue weighted by Gasteiger charge is -2.10. The zero-order valence-electron chi connectivity index (χ0n) is 18.3. The van der Waals surface area contributed by atoms with E-state index < -0.39 is 21.4 Å². The number of benzene rings is 3. The topological polar surface area (TPSA) is 98.5 Å². The fourth-order valence-electron chi connectivity index (χ4n) is 3.34. The Morgan fingerprint density at radius 3 is 2.26 bits per heavy atom. The molecule has 9 heteroatoms. The van der Waals surface area contributed by atoms with E-state index in [0.717, 1.165) is 16.9 Å². The molecule has 1 heterocycles. The van der Waals surface area contributed by atoms with Gasteiger partial charge in [0.1, 0.15) is 26.3 Å². The Hall–Kier alpha value is -3.69. The number of hydrogen-bond donors (Lipinski definition) is 2. The predicted octanol–water partition coefficient (Wildman–Crippen LogP) is 5.59. The molecule has 0 radical (unpaired) electrons. The number of nitrogen functional groups attached to an aromatic ring is 1. The maximum atomic E-state index is 14.4. The molecule has 1 aromatic heterocycles. The number of ketones is 1. The molecule has 0 aliphatic rings.